The van der Waals surface area contributed by atoms with Gasteiger partial charge in [0.2, 0.25) is 11.8 Å². The molecule has 30 heavy (non-hydrogen) atoms. The molecule has 1 aliphatic heterocycles. The van der Waals surface area contributed by atoms with Crippen molar-refractivity contribution in [2.24, 2.45) is 0 Å². The van der Waals surface area contributed by atoms with E-state index in [1.54, 1.807) is 18.0 Å². The summed E-state index contributed by atoms with van der Waals surface area (Å²) in [5.74, 6) is -1.17. The number of halogens is 2. The minimum absolute atomic E-state index is 0.0292. The molecular weight excluding hydrogens is 455 g/mol. The number of amides is 2. The van der Waals surface area contributed by atoms with E-state index < -0.39 is 11.7 Å². The molecular formula is C21H24BrFN4O3. The van der Waals surface area contributed by atoms with Gasteiger partial charge in [0.25, 0.3) is 0 Å². The molecule has 160 valence electrons. The van der Waals surface area contributed by atoms with E-state index in [0.29, 0.717) is 23.4 Å². The first-order valence-corrected chi connectivity index (χ1v) is 10.4. The topological polar surface area (TPSA) is 73.9 Å². The first kappa shape index (κ1) is 22.2. The van der Waals surface area contributed by atoms with Crippen molar-refractivity contribution in [3.8, 4) is 0 Å². The van der Waals surface area contributed by atoms with Crippen LogP contribution in [0.4, 0.5) is 21.5 Å². The number of hydrogen-bond acceptors (Lipinski definition) is 5. The van der Waals surface area contributed by atoms with Crippen LogP contribution in [0, 0.1) is 5.82 Å². The third-order valence-corrected chi connectivity index (χ3v) is 5.05. The Morgan fingerprint density at radius 2 is 1.70 bits per heavy atom. The summed E-state index contributed by atoms with van der Waals surface area (Å²) in [6.07, 6.45) is 0. The van der Waals surface area contributed by atoms with Gasteiger partial charge in [0.05, 0.1) is 32.0 Å². The average Bonchev–Trinajstić information content (AvgIpc) is 2.71. The van der Waals surface area contributed by atoms with Crippen LogP contribution in [0.15, 0.2) is 46.9 Å². The van der Waals surface area contributed by atoms with Crippen molar-refractivity contribution in [1.29, 1.82) is 0 Å². The summed E-state index contributed by atoms with van der Waals surface area (Å²) >= 11 is 3.17. The van der Waals surface area contributed by atoms with Gasteiger partial charge in [-0.15, -0.1) is 0 Å². The summed E-state index contributed by atoms with van der Waals surface area (Å²) in [5.41, 5.74) is 1.87. The fourth-order valence-corrected chi connectivity index (χ4v) is 3.44. The Morgan fingerprint density at radius 1 is 1.07 bits per heavy atom. The highest BCUT2D eigenvalue weighted by molar-refractivity contribution is 9.10. The first-order chi connectivity index (χ1) is 14.4. The Labute approximate surface area is 183 Å². The van der Waals surface area contributed by atoms with E-state index in [0.717, 1.165) is 18.8 Å². The van der Waals surface area contributed by atoms with E-state index >= 15 is 0 Å². The maximum Gasteiger partial charge on any atom is 0.238 e. The van der Waals surface area contributed by atoms with Gasteiger partial charge >= 0.3 is 0 Å². The number of likely N-dealkylation sites (N-methyl/N-ethyl adjacent to an activating group) is 1. The van der Waals surface area contributed by atoms with Crippen LogP contribution in [0.2, 0.25) is 0 Å². The predicted molar refractivity (Wildman–Crippen MR) is 118 cm³/mol. The number of anilines is 3. The molecule has 0 unspecified atom stereocenters. The lowest BCUT2D eigenvalue weighted by Crippen LogP contribution is -2.36. The largest absolute Gasteiger partial charge is 0.378 e. The van der Waals surface area contributed by atoms with Crippen molar-refractivity contribution in [1.82, 2.24) is 4.90 Å². The van der Waals surface area contributed by atoms with Crippen LogP contribution >= 0.6 is 15.9 Å². The van der Waals surface area contributed by atoms with Crippen LogP contribution in [-0.4, -0.2) is 63.2 Å². The van der Waals surface area contributed by atoms with Crippen LogP contribution in [0.25, 0.3) is 0 Å². The van der Waals surface area contributed by atoms with Gasteiger partial charge in [-0.2, -0.15) is 0 Å². The molecule has 9 heteroatoms. The van der Waals surface area contributed by atoms with E-state index in [4.69, 9.17) is 4.74 Å². The molecule has 2 aromatic carbocycles. The van der Waals surface area contributed by atoms with E-state index in [9.17, 15) is 14.0 Å². The van der Waals surface area contributed by atoms with Crippen molar-refractivity contribution in [2.75, 3.05) is 62.0 Å². The Hall–Kier alpha value is -2.49. The molecule has 1 saturated heterocycles. The van der Waals surface area contributed by atoms with E-state index in [1.807, 2.05) is 24.3 Å². The summed E-state index contributed by atoms with van der Waals surface area (Å²) in [4.78, 5) is 28.2. The van der Waals surface area contributed by atoms with Crippen LogP contribution in [-0.2, 0) is 14.3 Å². The molecule has 0 aromatic heterocycles. The zero-order valence-electron chi connectivity index (χ0n) is 16.7. The fraction of sp³-hybridized carbons (Fsp3) is 0.333. The first-order valence-electron chi connectivity index (χ1n) is 9.57. The molecule has 1 heterocycles. The summed E-state index contributed by atoms with van der Waals surface area (Å²) in [5, 5.41) is 5.33. The lowest BCUT2D eigenvalue weighted by molar-refractivity contribution is -0.119. The molecule has 0 bridgehead atoms. The quantitative estimate of drug-likeness (QED) is 0.639. The van der Waals surface area contributed by atoms with Gasteiger partial charge in [-0.3, -0.25) is 14.5 Å². The molecule has 2 amide bonds. The Kier molecular flexibility index (Phi) is 7.78. The Bertz CT molecular complexity index is 888. The molecule has 0 saturated carbocycles. The number of ether oxygens (including phenoxy) is 1. The third kappa shape index (κ3) is 6.51. The van der Waals surface area contributed by atoms with E-state index in [1.165, 1.54) is 12.1 Å². The van der Waals surface area contributed by atoms with Gasteiger partial charge in [0, 0.05) is 28.9 Å². The van der Waals surface area contributed by atoms with Crippen molar-refractivity contribution in [2.45, 2.75) is 0 Å². The molecule has 1 fully saturated rings. The van der Waals surface area contributed by atoms with Gasteiger partial charge in [0.1, 0.15) is 5.82 Å². The number of nitrogens with zero attached hydrogens (tertiary/aromatic N) is 2. The fourth-order valence-electron chi connectivity index (χ4n) is 3.10. The smallest absolute Gasteiger partial charge is 0.238 e. The monoisotopic (exact) mass is 478 g/mol. The number of nitrogens with one attached hydrogen (secondary N) is 2. The number of benzene rings is 2. The molecule has 0 radical (unpaired) electrons. The van der Waals surface area contributed by atoms with Crippen LogP contribution < -0.4 is 15.5 Å². The maximum absolute atomic E-state index is 13.8. The van der Waals surface area contributed by atoms with Crippen molar-refractivity contribution >= 4 is 44.8 Å². The number of carbonyl (C=O) groups is 2. The second kappa shape index (κ2) is 10.5. The molecule has 7 nitrogen and oxygen atoms in total. The third-order valence-electron chi connectivity index (χ3n) is 4.56. The number of rotatable bonds is 7. The Balaban J connectivity index is 1.45. The van der Waals surface area contributed by atoms with E-state index in [-0.39, 0.29) is 24.7 Å². The highest BCUT2D eigenvalue weighted by Gasteiger charge is 2.14. The van der Waals surface area contributed by atoms with Gasteiger partial charge in [0.15, 0.2) is 0 Å². The molecule has 2 aromatic rings. The standard InChI is InChI=1S/C21H24BrFN4O3/c1-26(14-21(29)25-19-7-2-15(22)12-18(19)23)13-20(28)24-16-3-5-17(6-4-16)27-8-10-30-11-9-27/h2-7,12H,8-11,13-14H2,1H3,(H,24,28)(H,25,29). The molecule has 0 spiro atoms. The van der Waals surface area contributed by atoms with E-state index in [2.05, 4.69) is 31.5 Å². The van der Waals surface area contributed by atoms with Crippen molar-refractivity contribution in [3.05, 3.63) is 52.8 Å². The molecule has 0 atom stereocenters. The second-order valence-electron chi connectivity index (χ2n) is 7.04. The minimum Gasteiger partial charge on any atom is -0.378 e. The zero-order valence-corrected chi connectivity index (χ0v) is 18.2. The lowest BCUT2D eigenvalue weighted by atomic mass is 10.2. The summed E-state index contributed by atoms with van der Waals surface area (Å²) in [7, 11) is 1.65. The van der Waals surface area contributed by atoms with Gasteiger partial charge in [-0.05, 0) is 49.5 Å². The summed E-state index contributed by atoms with van der Waals surface area (Å²) in [6, 6.07) is 12.0. The van der Waals surface area contributed by atoms with Crippen LogP contribution in [0.3, 0.4) is 0 Å². The van der Waals surface area contributed by atoms with Crippen molar-refractivity contribution in [3.63, 3.8) is 0 Å². The lowest BCUT2D eigenvalue weighted by Gasteiger charge is -2.28. The maximum atomic E-state index is 13.8. The van der Waals surface area contributed by atoms with Crippen LogP contribution in [0.5, 0.6) is 0 Å². The van der Waals surface area contributed by atoms with Crippen LogP contribution in [0.1, 0.15) is 0 Å². The predicted octanol–water partition coefficient (Wildman–Crippen LogP) is 2.93. The second-order valence-corrected chi connectivity index (χ2v) is 7.95. The van der Waals surface area contributed by atoms with Crippen molar-refractivity contribution < 1.29 is 18.7 Å². The van der Waals surface area contributed by atoms with Gasteiger partial charge in [-0.25, -0.2) is 4.39 Å². The van der Waals surface area contributed by atoms with Gasteiger partial charge < -0.3 is 20.3 Å². The normalized spacial score (nSPS) is 13.9. The Morgan fingerprint density at radius 3 is 2.33 bits per heavy atom. The zero-order chi connectivity index (χ0) is 21.5. The molecule has 2 N–H and O–H groups in total. The SMILES string of the molecule is CN(CC(=O)Nc1ccc(N2CCOCC2)cc1)CC(=O)Nc1ccc(Br)cc1F. The molecule has 3 rings (SSSR count). The minimum atomic E-state index is -0.529. The molecule has 0 aliphatic carbocycles. The highest BCUT2D eigenvalue weighted by atomic mass is 79.9. The number of morpholine rings is 1. The molecule has 1 aliphatic rings. The highest BCUT2D eigenvalue weighted by Crippen LogP contribution is 2.20. The summed E-state index contributed by atoms with van der Waals surface area (Å²) < 4.78 is 19.8. The average molecular weight is 479 g/mol. The number of carbonyl (C=O) groups excluding carboxylic acids is 2. The summed E-state index contributed by atoms with van der Waals surface area (Å²) in [6.45, 7) is 3.12. The number of hydrogen-bond donors (Lipinski definition) is 2. The van der Waals surface area contributed by atoms with Gasteiger partial charge in [-0.1, -0.05) is 15.9 Å².